The highest BCUT2D eigenvalue weighted by molar-refractivity contribution is 6.08. The number of hydrogen-bond donors (Lipinski definition) is 0. The van der Waals surface area contributed by atoms with Crippen LogP contribution in [0, 0.1) is 5.92 Å². The summed E-state index contributed by atoms with van der Waals surface area (Å²) in [6, 6.07) is 6.68. The maximum atomic E-state index is 11.9. The van der Waals surface area contributed by atoms with E-state index in [2.05, 4.69) is 4.74 Å². The first-order chi connectivity index (χ1) is 7.60. The summed E-state index contributed by atoms with van der Waals surface area (Å²) in [6.45, 7) is 1.52. The van der Waals surface area contributed by atoms with E-state index in [9.17, 15) is 9.59 Å². The van der Waals surface area contributed by atoms with Crippen LogP contribution >= 0.6 is 0 Å². The Labute approximate surface area is 94.2 Å². The molecule has 0 aliphatic carbocycles. The number of methoxy groups -OCH3 is 2. The molecule has 0 saturated carbocycles. The van der Waals surface area contributed by atoms with E-state index >= 15 is 0 Å². The summed E-state index contributed by atoms with van der Waals surface area (Å²) in [5.41, 5.74) is 0.442. The molecule has 1 aromatic carbocycles. The third-order valence-electron chi connectivity index (χ3n) is 2.30. The van der Waals surface area contributed by atoms with E-state index in [0.29, 0.717) is 11.3 Å². The van der Waals surface area contributed by atoms with Gasteiger partial charge in [-0.3, -0.25) is 9.59 Å². The molecule has 1 aromatic rings. The number of carbonyl (C=O) groups excluding carboxylic acids is 2. The average Bonchev–Trinajstić information content (AvgIpc) is 2.36. The number of carbonyl (C=O) groups is 2. The summed E-state index contributed by atoms with van der Waals surface area (Å²) < 4.78 is 9.52. The molecular formula is C12H14O4. The number of hydrogen-bond acceptors (Lipinski definition) is 4. The molecule has 1 rings (SSSR count). The minimum Gasteiger partial charge on any atom is -0.497 e. The standard InChI is InChI=1S/C12H14O4/c1-8(12(14)16-3)11(13)9-5-4-6-10(7-9)15-2/h4-8H,1-3H3. The maximum Gasteiger partial charge on any atom is 0.316 e. The second kappa shape index (κ2) is 5.30. The van der Waals surface area contributed by atoms with Crippen LogP contribution in [0.25, 0.3) is 0 Å². The second-order valence-corrected chi connectivity index (χ2v) is 3.34. The van der Waals surface area contributed by atoms with Crippen LogP contribution in [0.3, 0.4) is 0 Å². The van der Waals surface area contributed by atoms with Crippen molar-refractivity contribution in [1.29, 1.82) is 0 Å². The van der Waals surface area contributed by atoms with E-state index in [1.165, 1.54) is 21.1 Å². The highest BCUT2D eigenvalue weighted by atomic mass is 16.5. The Hall–Kier alpha value is -1.84. The van der Waals surface area contributed by atoms with Crippen molar-refractivity contribution >= 4 is 11.8 Å². The molecule has 0 N–H and O–H groups in total. The molecule has 16 heavy (non-hydrogen) atoms. The molecule has 4 heteroatoms. The van der Waals surface area contributed by atoms with Crippen molar-refractivity contribution in [1.82, 2.24) is 0 Å². The van der Waals surface area contributed by atoms with Crippen molar-refractivity contribution in [3.63, 3.8) is 0 Å². The Kier molecular flexibility index (Phi) is 4.05. The summed E-state index contributed by atoms with van der Waals surface area (Å²) in [7, 11) is 2.78. The SMILES string of the molecule is COC(=O)C(C)C(=O)c1cccc(OC)c1. The van der Waals surface area contributed by atoms with Gasteiger partial charge in [-0.25, -0.2) is 0 Å². The zero-order valence-electron chi connectivity index (χ0n) is 9.52. The molecule has 0 fully saturated rings. The molecule has 0 aromatic heterocycles. The molecule has 0 spiro atoms. The molecule has 0 amide bonds. The van der Waals surface area contributed by atoms with Crippen molar-refractivity contribution in [2.45, 2.75) is 6.92 Å². The number of benzene rings is 1. The fourth-order valence-corrected chi connectivity index (χ4v) is 1.31. The molecule has 1 atom stereocenters. The van der Waals surface area contributed by atoms with Gasteiger partial charge in [0.05, 0.1) is 14.2 Å². The quantitative estimate of drug-likeness (QED) is 0.442. The van der Waals surface area contributed by atoms with Crippen LogP contribution in [-0.4, -0.2) is 26.0 Å². The van der Waals surface area contributed by atoms with Gasteiger partial charge in [-0.1, -0.05) is 12.1 Å². The summed E-state index contributed by atoms with van der Waals surface area (Å²) in [6.07, 6.45) is 0. The van der Waals surface area contributed by atoms with Crippen molar-refractivity contribution in [2.24, 2.45) is 5.92 Å². The predicted octanol–water partition coefficient (Wildman–Crippen LogP) is 1.69. The highest BCUT2D eigenvalue weighted by Gasteiger charge is 2.23. The van der Waals surface area contributed by atoms with Gasteiger partial charge in [-0.05, 0) is 19.1 Å². The third-order valence-corrected chi connectivity index (χ3v) is 2.30. The topological polar surface area (TPSA) is 52.6 Å². The van der Waals surface area contributed by atoms with Gasteiger partial charge in [0.2, 0.25) is 0 Å². The van der Waals surface area contributed by atoms with E-state index in [0.717, 1.165) is 0 Å². The Morgan fingerprint density at radius 2 is 1.94 bits per heavy atom. The minimum atomic E-state index is -0.794. The zero-order chi connectivity index (χ0) is 12.1. The zero-order valence-corrected chi connectivity index (χ0v) is 9.52. The van der Waals surface area contributed by atoms with E-state index in [4.69, 9.17) is 4.74 Å². The van der Waals surface area contributed by atoms with Gasteiger partial charge in [0.25, 0.3) is 0 Å². The number of ketones is 1. The number of esters is 1. The van der Waals surface area contributed by atoms with Crippen LogP contribution < -0.4 is 4.74 Å². The van der Waals surface area contributed by atoms with E-state index in [-0.39, 0.29) is 5.78 Å². The van der Waals surface area contributed by atoms with Crippen LogP contribution in [-0.2, 0) is 9.53 Å². The van der Waals surface area contributed by atoms with Crippen LogP contribution in [0.2, 0.25) is 0 Å². The van der Waals surface area contributed by atoms with E-state index < -0.39 is 11.9 Å². The molecular weight excluding hydrogens is 208 g/mol. The molecule has 0 heterocycles. The maximum absolute atomic E-state index is 11.9. The number of rotatable bonds is 4. The first-order valence-electron chi connectivity index (χ1n) is 4.86. The van der Waals surface area contributed by atoms with Crippen LogP contribution in [0.5, 0.6) is 5.75 Å². The molecule has 0 saturated heterocycles. The minimum absolute atomic E-state index is 0.272. The molecule has 0 aliphatic rings. The van der Waals surface area contributed by atoms with Crippen molar-refractivity contribution in [2.75, 3.05) is 14.2 Å². The lowest BCUT2D eigenvalue weighted by atomic mass is 9.99. The van der Waals surface area contributed by atoms with Gasteiger partial charge < -0.3 is 9.47 Å². The van der Waals surface area contributed by atoms with E-state index in [1.807, 2.05) is 0 Å². The lowest BCUT2D eigenvalue weighted by molar-refractivity contribution is -0.143. The van der Waals surface area contributed by atoms with Gasteiger partial charge in [0.15, 0.2) is 5.78 Å². The monoisotopic (exact) mass is 222 g/mol. The lowest BCUT2D eigenvalue weighted by Gasteiger charge is -2.08. The smallest absolute Gasteiger partial charge is 0.316 e. The van der Waals surface area contributed by atoms with E-state index in [1.54, 1.807) is 24.3 Å². The van der Waals surface area contributed by atoms with Crippen LogP contribution in [0.4, 0.5) is 0 Å². The van der Waals surface area contributed by atoms with Gasteiger partial charge in [-0.15, -0.1) is 0 Å². The largest absolute Gasteiger partial charge is 0.497 e. The lowest BCUT2D eigenvalue weighted by Crippen LogP contribution is -2.22. The van der Waals surface area contributed by atoms with Gasteiger partial charge in [0.1, 0.15) is 11.7 Å². The molecule has 0 bridgehead atoms. The van der Waals surface area contributed by atoms with Crippen LogP contribution in [0.1, 0.15) is 17.3 Å². The Morgan fingerprint density at radius 3 is 2.50 bits per heavy atom. The summed E-state index contributed by atoms with van der Waals surface area (Å²) in [4.78, 5) is 23.1. The van der Waals surface area contributed by atoms with Gasteiger partial charge in [-0.2, -0.15) is 0 Å². The predicted molar refractivity (Wildman–Crippen MR) is 58.5 cm³/mol. The second-order valence-electron chi connectivity index (χ2n) is 3.34. The highest BCUT2D eigenvalue weighted by Crippen LogP contribution is 2.16. The molecule has 1 unspecified atom stereocenters. The normalized spacial score (nSPS) is 11.7. The van der Waals surface area contributed by atoms with Crippen molar-refractivity contribution in [3.8, 4) is 5.75 Å². The average molecular weight is 222 g/mol. The number of Topliss-reactive ketones (excluding diaryl/α,β-unsaturated/α-hetero) is 1. The summed E-state index contributed by atoms with van der Waals surface area (Å²) in [5.74, 6) is -1.02. The van der Waals surface area contributed by atoms with Crippen molar-refractivity contribution in [3.05, 3.63) is 29.8 Å². The molecule has 0 radical (unpaired) electrons. The first-order valence-corrected chi connectivity index (χ1v) is 4.86. The van der Waals surface area contributed by atoms with Gasteiger partial charge >= 0.3 is 5.97 Å². The number of ether oxygens (including phenoxy) is 2. The van der Waals surface area contributed by atoms with Crippen molar-refractivity contribution < 1.29 is 19.1 Å². The first kappa shape index (κ1) is 12.2. The van der Waals surface area contributed by atoms with Gasteiger partial charge in [0, 0.05) is 5.56 Å². The fourth-order valence-electron chi connectivity index (χ4n) is 1.31. The molecule has 0 aliphatic heterocycles. The third kappa shape index (κ3) is 2.59. The Bertz CT molecular complexity index is 398. The molecule has 4 nitrogen and oxygen atoms in total. The summed E-state index contributed by atoms with van der Waals surface area (Å²) in [5, 5.41) is 0. The fraction of sp³-hybridized carbons (Fsp3) is 0.333. The Morgan fingerprint density at radius 1 is 1.25 bits per heavy atom. The van der Waals surface area contributed by atoms with Crippen LogP contribution in [0.15, 0.2) is 24.3 Å². The molecule has 86 valence electrons. The summed E-state index contributed by atoms with van der Waals surface area (Å²) >= 11 is 0. The Balaban J connectivity index is 2.91.